The number of aliphatic hydroxyl groups excluding tert-OH is 1. The molecule has 21 heavy (non-hydrogen) atoms. The van der Waals surface area contributed by atoms with Crippen LogP contribution >= 0.6 is 0 Å². The van der Waals surface area contributed by atoms with Crippen molar-refractivity contribution in [2.45, 2.75) is 64.9 Å². The van der Waals surface area contributed by atoms with E-state index in [9.17, 15) is 9.90 Å². The fraction of sp³-hybridized carbons (Fsp3) is 0.737. The van der Waals surface area contributed by atoms with Crippen molar-refractivity contribution >= 4 is 5.78 Å². The van der Waals surface area contributed by atoms with Gasteiger partial charge in [-0.1, -0.05) is 37.1 Å². The molecule has 4 rings (SSSR count). The Bertz CT molecular complexity index is 558. The summed E-state index contributed by atoms with van der Waals surface area (Å²) in [6, 6.07) is 0. The predicted octanol–water partition coefficient (Wildman–Crippen LogP) is 3.80. The highest BCUT2D eigenvalue weighted by Crippen LogP contribution is 2.62. The third-order valence-electron chi connectivity index (χ3n) is 7.26. The van der Waals surface area contributed by atoms with Gasteiger partial charge in [0.2, 0.25) is 0 Å². The maximum Gasteiger partial charge on any atom is 0.139 e. The van der Waals surface area contributed by atoms with Crippen LogP contribution in [0.25, 0.3) is 0 Å². The zero-order chi connectivity index (χ0) is 14.8. The van der Waals surface area contributed by atoms with Crippen LogP contribution in [0.2, 0.25) is 0 Å². The Kier molecular flexibility index (Phi) is 2.83. The number of Topliss-reactive ketones (excluding diaryl/α,β-unsaturated/α-hetero) is 1. The molecule has 1 N–H and O–H groups in total. The summed E-state index contributed by atoms with van der Waals surface area (Å²) in [4.78, 5) is 12.3. The SMILES string of the molecule is C[C@]12CCC(O)CC1=CC=C1[C@@H]2CC[C@]2(C)C(=O)CC[C@@H]12. The lowest BCUT2D eigenvalue weighted by Crippen LogP contribution is -2.46. The molecule has 2 nitrogen and oxygen atoms in total. The van der Waals surface area contributed by atoms with Gasteiger partial charge in [0.15, 0.2) is 0 Å². The van der Waals surface area contributed by atoms with Gasteiger partial charge in [0.25, 0.3) is 0 Å². The summed E-state index contributed by atoms with van der Waals surface area (Å²) in [6.07, 6.45) is 11.4. The second-order valence-electron chi connectivity index (χ2n) is 8.20. The lowest BCUT2D eigenvalue weighted by molar-refractivity contribution is -0.127. The number of carbonyl (C=O) groups is 1. The topological polar surface area (TPSA) is 37.3 Å². The first kappa shape index (κ1) is 13.8. The van der Waals surface area contributed by atoms with E-state index in [1.165, 1.54) is 5.57 Å². The van der Waals surface area contributed by atoms with Crippen LogP contribution in [0, 0.1) is 22.7 Å². The Labute approximate surface area is 127 Å². The van der Waals surface area contributed by atoms with Crippen LogP contribution in [-0.4, -0.2) is 17.0 Å². The molecule has 3 saturated carbocycles. The van der Waals surface area contributed by atoms with Crippen LogP contribution in [0.3, 0.4) is 0 Å². The Morgan fingerprint density at radius 2 is 1.76 bits per heavy atom. The number of aliphatic hydroxyl groups is 1. The number of allylic oxidation sites excluding steroid dienone is 3. The first-order valence-corrected chi connectivity index (χ1v) is 8.57. The molecule has 0 radical (unpaired) electrons. The minimum Gasteiger partial charge on any atom is -0.393 e. The monoisotopic (exact) mass is 286 g/mol. The summed E-state index contributed by atoms with van der Waals surface area (Å²) in [6.45, 7) is 4.61. The summed E-state index contributed by atoms with van der Waals surface area (Å²) in [7, 11) is 0. The number of rotatable bonds is 0. The van der Waals surface area contributed by atoms with Crippen molar-refractivity contribution in [3.63, 3.8) is 0 Å². The lowest BCUT2D eigenvalue weighted by Gasteiger charge is -2.53. The largest absolute Gasteiger partial charge is 0.393 e. The van der Waals surface area contributed by atoms with Crippen molar-refractivity contribution in [2.75, 3.05) is 0 Å². The van der Waals surface area contributed by atoms with E-state index in [2.05, 4.69) is 26.0 Å². The molecule has 5 atom stereocenters. The van der Waals surface area contributed by atoms with Crippen molar-refractivity contribution in [2.24, 2.45) is 22.7 Å². The molecule has 0 spiro atoms. The van der Waals surface area contributed by atoms with E-state index >= 15 is 0 Å². The highest BCUT2D eigenvalue weighted by atomic mass is 16.3. The van der Waals surface area contributed by atoms with Crippen LogP contribution < -0.4 is 0 Å². The fourth-order valence-electron chi connectivity index (χ4n) is 5.76. The maximum atomic E-state index is 12.3. The van der Waals surface area contributed by atoms with E-state index in [-0.39, 0.29) is 16.9 Å². The van der Waals surface area contributed by atoms with Gasteiger partial charge in [-0.15, -0.1) is 0 Å². The van der Waals surface area contributed by atoms with Gasteiger partial charge in [0, 0.05) is 11.8 Å². The van der Waals surface area contributed by atoms with Gasteiger partial charge < -0.3 is 5.11 Å². The van der Waals surface area contributed by atoms with Crippen molar-refractivity contribution in [3.8, 4) is 0 Å². The Hall–Kier alpha value is -0.890. The fourth-order valence-corrected chi connectivity index (χ4v) is 5.76. The summed E-state index contributed by atoms with van der Waals surface area (Å²) in [5, 5.41) is 9.98. The average molecular weight is 286 g/mol. The molecule has 0 aromatic heterocycles. The summed E-state index contributed by atoms with van der Waals surface area (Å²) in [5.74, 6) is 1.57. The van der Waals surface area contributed by atoms with Gasteiger partial charge in [0.05, 0.1) is 6.10 Å². The zero-order valence-electron chi connectivity index (χ0n) is 13.2. The second kappa shape index (κ2) is 4.32. The van der Waals surface area contributed by atoms with Crippen molar-refractivity contribution in [1.29, 1.82) is 0 Å². The van der Waals surface area contributed by atoms with E-state index in [0.717, 1.165) is 44.9 Å². The third-order valence-corrected chi connectivity index (χ3v) is 7.26. The lowest BCUT2D eigenvalue weighted by atomic mass is 9.51. The Balaban J connectivity index is 1.75. The molecule has 4 aliphatic carbocycles. The van der Waals surface area contributed by atoms with Crippen molar-refractivity contribution in [1.82, 2.24) is 0 Å². The molecule has 0 bridgehead atoms. The van der Waals surface area contributed by atoms with E-state index in [0.29, 0.717) is 17.6 Å². The van der Waals surface area contributed by atoms with Crippen LogP contribution in [-0.2, 0) is 4.79 Å². The molecule has 0 aromatic rings. The van der Waals surface area contributed by atoms with Gasteiger partial charge in [-0.05, 0) is 55.8 Å². The highest BCUT2D eigenvalue weighted by Gasteiger charge is 2.56. The summed E-state index contributed by atoms with van der Waals surface area (Å²) in [5.41, 5.74) is 3.15. The van der Waals surface area contributed by atoms with Crippen LogP contribution in [0.1, 0.15) is 58.8 Å². The molecule has 2 heteroatoms. The number of hydrogen-bond donors (Lipinski definition) is 1. The zero-order valence-corrected chi connectivity index (χ0v) is 13.2. The second-order valence-corrected chi connectivity index (χ2v) is 8.20. The van der Waals surface area contributed by atoms with E-state index in [4.69, 9.17) is 0 Å². The van der Waals surface area contributed by atoms with Crippen LogP contribution in [0.4, 0.5) is 0 Å². The van der Waals surface area contributed by atoms with Gasteiger partial charge in [-0.2, -0.15) is 0 Å². The molecule has 1 unspecified atom stereocenters. The molecular formula is C19H26O2. The van der Waals surface area contributed by atoms with Gasteiger partial charge in [0.1, 0.15) is 5.78 Å². The van der Waals surface area contributed by atoms with E-state index in [1.807, 2.05) is 0 Å². The number of hydrogen-bond acceptors (Lipinski definition) is 2. The highest BCUT2D eigenvalue weighted by molar-refractivity contribution is 5.88. The minimum atomic E-state index is -0.152. The van der Waals surface area contributed by atoms with Crippen molar-refractivity contribution in [3.05, 3.63) is 23.3 Å². The van der Waals surface area contributed by atoms with Gasteiger partial charge in [-0.25, -0.2) is 0 Å². The quantitative estimate of drug-likeness (QED) is 0.735. The third kappa shape index (κ3) is 1.72. The molecule has 0 saturated heterocycles. The molecule has 0 aliphatic heterocycles. The molecule has 3 fully saturated rings. The molecule has 114 valence electrons. The van der Waals surface area contributed by atoms with Crippen LogP contribution in [0.15, 0.2) is 23.3 Å². The summed E-state index contributed by atoms with van der Waals surface area (Å²) >= 11 is 0. The molecule has 0 amide bonds. The molecule has 0 heterocycles. The first-order chi connectivity index (χ1) is 9.95. The first-order valence-electron chi connectivity index (χ1n) is 8.57. The van der Waals surface area contributed by atoms with E-state index in [1.54, 1.807) is 5.57 Å². The molecule has 4 aliphatic rings. The average Bonchev–Trinajstić information content (AvgIpc) is 2.76. The normalized spacial score (nSPS) is 48.9. The maximum absolute atomic E-state index is 12.3. The standard InChI is InChI=1S/C19H26O2/c1-18-9-7-13(20)11-12(18)3-4-14-15-5-6-17(21)19(15,2)10-8-16(14)18/h3-4,13,15-16,20H,5-11H2,1-2H3/t13?,15-,16-,18-,19-/m0/s1. The number of ketones is 1. The van der Waals surface area contributed by atoms with Crippen molar-refractivity contribution < 1.29 is 9.90 Å². The van der Waals surface area contributed by atoms with Crippen LogP contribution in [0.5, 0.6) is 0 Å². The number of carbonyl (C=O) groups excluding carboxylic acids is 1. The minimum absolute atomic E-state index is 0.0851. The number of fused-ring (bicyclic) bond motifs is 5. The Morgan fingerprint density at radius 1 is 1.05 bits per heavy atom. The van der Waals surface area contributed by atoms with Gasteiger partial charge in [-0.3, -0.25) is 4.79 Å². The van der Waals surface area contributed by atoms with Gasteiger partial charge >= 0.3 is 0 Å². The molecule has 0 aromatic carbocycles. The Morgan fingerprint density at radius 3 is 2.57 bits per heavy atom. The predicted molar refractivity (Wildman–Crippen MR) is 82.7 cm³/mol. The smallest absolute Gasteiger partial charge is 0.139 e. The van der Waals surface area contributed by atoms with E-state index < -0.39 is 0 Å². The summed E-state index contributed by atoms with van der Waals surface area (Å²) < 4.78 is 0. The molecular weight excluding hydrogens is 260 g/mol.